The van der Waals surface area contributed by atoms with Crippen LogP contribution in [0.5, 0.6) is 0 Å². The number of carbonyl (C=O) groups excluding carboxylic acids is 2. The molecule has 1 atom stereocenters. The zero-order chi connectivity index (χ0) is 27.7. The maximum Gasteiger partial charge on any atom is 0.415 e. The lowest BCUT2D eigenvalue weighted by atomic mass is 10.1. The smallest absolute Gasteiger partial charge is 0.415 e. The van der Waals surface area contributed by atoms with Crippen LogP contribution in [0.3, 0.4) is 0 Å². The van der Waals surface area contributed by atoms with E-state index in [0.717, 1.165) is 32.7 Å². The average molecular weight is 571 g/mol. The number of thiophene rings is 1. The number of alkyl carbamates (subject to hydrolysis) is 1. The maximum atomic E-state index is 13.7. The molecule has 0 aromatic carbocycles. The van der Waals surface area contributed by atoms with Gasteiger partial charge in [-0.15, -0.1) is 11.3 Å². The molecule has 3 rings (SSSR count). The molecule has 0 bridgehead atoms. The number of halogens is 2. The maximum absolute atomic E-state index is 13.7. The lowest BCUT2D eigenvalue weighted by molar-refractivity contribution is 0.0507. The summed E-state index contributed by atoms with van der Waals surface area (Å²) in [4.78, 5) is 36.5. The van der Waals surface area contributed by atoms with Gasteiger partial charge in [0.05, 0.1) is 28.6 Å². The van der Waals surface area contributed by atoms with Crippen LogP contribution >= 0.6 is 34.3 Å². The van der Waals surface area contributed by atoms with E-state index in [-0.39, 0.29) is 17.7 Å². The molecule has 0 aliphatic rings. The van der Waals surface area contributed by atoms with Crippen LogP contribution in [-0.2, 0) is 22.4 Å². The Labute approximate surface area is 229 Å². The molecule has 0 saturated heterocycles. The van der Waals surface area contributed by atoms with Gasteiger partial charge in [0, 0.05) is 23.4 Å². The Bertz CT molecular complexity index is 1300. The largest absolute Gasteiger partial charge is 0.444 e. The second-order valence-electron chi connectivity index (χ2n) is 10.7. The highest BCUT2D eigenvalue weighted by Gasteiger charge is 2.28. The molecule has 3 aromatic heterocycles. The van der Waals surface area contributed by atoms with Gasteiger partial charge in [0.2, 0.25) is 0 Å². The molecule has 0 saturated carbocycles. The second-order valence-corrected chi connectivity index (χ2v) is 13.2. The monoisotopic (exact) mass is 570 g/mol. The van der Waals surface area contributed by atoms with E-state index in [2.05, 4.69) is 15.3 Å². The molecule has 202 valence electrons. The third-order valence-electron chi connectivity index (χ3n) is 4.90. The van der Waals surface area contributed by atoms with Gasteiger partial charge in [-0.3, -0.25) is 4.90 Å². The van der Waals surface area contributed by atoms with Crippen molar-refractivity contribution in [2.75, 3.05) is 4.90 Å². The number of hydrogen-bond acceptors (Lipinski definition) is 8. The van der Waals surface area contributed by atoms with Crippen molar-refractivity contribution in [1.82, 2.24) is 15.3 Å². The Balaban J connectivity index is 1.99. The van der Waals surface area contributed by atoms with E-state index in [0.29, 0.717) is 22.6 Å². The first-order valence-electron chi connectivity index (χ1n) is 11.7. The fourth-order valence-electron chi connectivity index (χ4n) is 3.47. The number of nitrogens with one attached hydrogen (secondary N) is 1. The molecule has 0 spiro atoms. The Morgan fingerprint density at radius 3 is 2.38 bits per heavy atom. The lowest BCUT2D eigenvalue weighted by Crippen LogP contribution is -2.38. The van der Waals surface area contributed by atoms with Crippen LogP contribution in [0, 0.1) is 12.1 Å². The first-order chi connectivity index (χ1) is 17.0. The summed E-state index contributed by atoms with van der Waals surface area (Å²) in [6.07, 6.45) is 0.536. The fraction of sp³-hybridized carbons (Fsp3) is 0.520. The molecular weight excluding hydrogens is 539 g/mol. The van der Waals surface area contributed by atoms with Crippen LogP contribution in [0.4, 0.5) is 19.7 Å². The van der Waals surface area contributed by atoms with Crippen molar-refractivity contribution in [1.29, 1.82) is 0 Å². The van der Waals surface area contributed by atoms with Gasteiger partial charge in [0.25, 0.3) is 0 Å². The molecule has 0 aliphatic heterocycles. The predicted molar refractivity (Wildman–Crippen MR) is 146 cm³/mol. The number of carbonyl (C=O) groups is 2. The zero-order valence-electron chi connectivity index (χ0n) is 22.2. The van der Waals surface area contributed by atoms with Gasteiger partial charge in [-0.05, 0) is 61.0 Å². The van der Waals surface area contributed by atoms with Gasteiger partial charge in [-0.25, -0.2) is 19.6 Å². The Hall–Kier alpha value is -2.50. The van der Waals surface area contributed by atoms with Gasteiger partial charge < -0.3 is 14.8 Å². The number of hydrogen-bond donors (Lipinski definition) is 1. The summed E-state index contributed by atoms with van der Waals surface area (Å²) >= 11 is 8.71. The number of anilines is 1. The third-order valence-corrected chi connectivity index (χ3v) is 7.19. The van der Waals surface area contributed by atoms with Crippen molar-refractivity contribution in [3.8, 4) is 0 Å². The number of thiazole rings is 1. The van der Waals surface area contributed by atoms with Gasteiger partial charge >= 0.3 is 12.2 Å². The summed E-state index contributed by atoms with van der Waals surface area (Å²) in [5.74, 6) is 0. The first kappa shape index (κ1) is 29.1. The summed E-state index contributed by atoms with van der Waals surface area (Å²) in [5.41, 5.74) is 0.681. The summed E-state index contributed by atoms with van der Waals surface area (Å²) in [5, 5.41) is 3.02. The summed E-state index contributed by atoms with van der Waals surface area (Å²) < 4.78 is 25.4. The predicted octanol–water partition coefficient (Wildman–Crippen LogP) is 7.25. The molecule has 0 unspecified atom stereocenters. The van der Waals surface area contributed by atoms with Gasteiger partial charge in [0.15, 0.2) is 5.13 Å². The molecule has 1 N–H and O–H groups in total. The van der Waals surface area contributed by atoms with E-state index in [1.165, 1.54) is 16.2 Å². The zero-order valence-corrected chi connectivity index (χ0v) is 24.6. The quantitative estimate of drug-likeness (QED) is 0.314. The van der Waals surface area contributed by atoms with Gasteiger partial charge in [-0.1, -0.05) is 22.9 Å². The van der Waals surface area contributed by atoms with Crippen LogP contribution in [0.1, 0.15) is 63.9 Å². The standard InChI is InChI=1S/C25H32ClFN4O4S2/c1-13(29-22(32)34-24(3,4)5)9-16-14(2)20-21(36-16)15(10-17(26)30-20)31(23(33)35-25(6,7)8)12-19-28-11-18(27)37-19/h10-11,13H,9,12H2,1-8H3,(H,29,32)/t13-/m0/s1. The van der Waals surface area contributed by atoms with Crippen molar-refractivity contribution in [2.24, 2.45) is 0 Å². The van der Waals surface area contributed by atoms with Crippen LogP contribution < -0.4 is 10.2 Å². The lowest BCUT2D eigenvalue weighted by Gasteiger charge is -2.27. The minimum absolute atomic E-state index is 0.00181. The number of ether oxygens (including phenoxy) is 2. The van der Waals surface area contributed by atoms with Crippen molar-refractivity contribution in [3.63, 3.8) is 0 Å². The van der Waals surface area contributed by atoms with Crippen molar-refractivity contribution in [2.45, 2.75) is 85.6 Å². The number of rotatable bonds is 6. The normalized spacial score (nSPS) is 12.9. The number of aromatic nitrogens is 2. The molecule has 0 fully saturated rings. The SMILES string of the molecule is Cc1c(C[C@H](C)NC(=O)OC(C)(C)C)sc2c(N(Cc3ncc(F)s3)C(=O)OC(C)(C)C)cc(Cl)nc12. The molecule has 3 aromatic rings. The first-order valence-corrected chi connectivity index (χ1v) is 13.7. The highest BCUT2D eigenvalue weighted by atomic mass is 35.5. The van der Waals surface area contributed by atoms with Crippen molar-refractivity contribution >= 4 is 62.4 Å². The van der Waals surface area contributed by atoms with Gasteiger partial charge in [0.1, 0.15) is 21.4 Å². The van der Waals surface area contributed by atoms with Gasteiger partial charge in [-0.2, -0.15) is 4.39 Å². The summed E-state index contributed by atoms with van der Waals surface area (Å²) in [7, 11) is 0. The number of fused-ring (bicyclic) bond motifs is 1. The van der Waals surface area contributed by atoms with Crippen molar-refractivity contribution < 1.29 is 23.5 Å². The third kappa shape index (κ3) is 7.99. The Morgan fingerprint density at radius 1 is 1.16 bits per heavy atom. The Morgan fingerprint density at radius 2 is 1.81 bits per heavy atom. The molecule has 2 amide bonds. The Kier molecular flexibility index (Phi) is 8.71. The van der Waals surface area contributed by atoms with E-state index >= 15 is 0 Å². The number of amides is 2. The molecule has 0 radical (unpaired) electrons. The van der Waals surface area contributed by atoms with E-state index in [9.17, 15) is 14.0 Å². The van der Waals surface area contributed by atoms with E-state index < -0.39 is 28.5 Å². The van der Waals surface area contributed by atoms with Crippen LogP contribution in [-0.4, -0.2) is 39.4 Å². The van der Waals surface area contributed by atoms with E-state index in [4.69, 9.17) is 21.1 Å². The minimum atomic E-state index is -0.751. The average Bonchev–Trinajstić information content (AvgIpc) is 3.26. The number of aryl methyl sites for hydroxylation is 1. The molecule has 8 nitrogen and oxygen atoms in total. The summed E-state index contributed by atoms with van der Waals surface area (Å²) in [6.45, 7) is 14.5. The minimum Gasteiger partial charge on any atom is -0.444 e. The van der Waals surface area contributed by atoms with Crippen LogP contribution in [0.2, 0.25) is 5.15 Å². The van der Waals surface area contributed by atoms with E-state index in [1.54, 1.807) is 47.6 Å². The molecular formula is C25H32ClFN4O4S2. The fourth-order valence-corrected chi connectivity index (χ4v) is 5.69. The van der Waals surface area contributed by atoms with Crippen molar-refractivity contribution in [3.05, 3.63) is 38.0 Å². The molecule has 3 heterocycles. The molecule has 0 aliphatic carbocycles. The summed E-state index contributed by atoms with van der Waals surface area (Å²) in [6, 6.07) is 1.38. The highest BCUT2D eigenvalue weighted by Crippen LogP contribution is 2.40. The van der Waals surface area contributed by atoms with Crippen LogP contribution in [0.25, 0.3) is 10.2 Å². The van der Waals surface area contributed by atoms with E-state index in [1.807, 2.05) is 13.8 Å². The molecule has 12 heteroatoms. The van der Waals surface area contributed by atoms with Crippen LogP contribution in [0.15, 0.2) is 12.3 Å². The number of nitrogens with zero attached hydrogens (tertiary/aromatic N) is 3. The second kappa shape index (κ2) is 11.1. The number of pyridine rings is 1. The topological polar surface area (TPSA) is 93.7 Å². The highest BCUT2D eigenvalue weighted by molar-refractivity contribution is 7.20. The molecule has 37 heavy (non-hydrogen) atoms.